The smallest absolute Gasteiger partial charge is 0.394 e. The van der Waals surface area contributed by atoms with E-state index in [1.54, 1.807) is 0 Å². The first-order valence-electron chi connectivity index (χ1n) is 5.55. The third-order valence-corrected chi connectivity index (χ3v) is 3.32. The summed E-state index contributed by atoms with van der Waals surface area (Å²) in [7, 11) is 0. The van der Waals surface area contributed by atoms with Crippen LogP contribution in [0.2, 0.25) is 0 Å². The van der Waals surface area contributed by atoms with Gasteiger partial charge < -0.3 is 15.6 Å². The van der Waals surface area contributed by atoms with E-state index in [1.165, 1.54) is 6.07 Å². The quantitative estimate of drug-likeness (QED) is 0.643. The highest BCUT2D eigenvalue weighted by atomic mass is 32.1. The minimum absolute atomic E-state index is 0.000535. The molecule has 0 aliphatic carbocycles. The van der Waals surface area contributed by atoms with E-state index in [1.807, 2.05) is 0 Å². The molecular weight excluding hydrogens is 302 g/mol. The molecule has 3 N–H and O–H groups in total. The number of aliphatic hydroxyl groups is 1. The van der Waals surface area contributed by atoms with Crippen LogP contribution in [0.15, 0.2) is 12.3 Å². The van der Waals surface area contributed by atoms with E-state index < -0.39 is 37.2 Å². The van der Waals surface area contributed by atoms with Crippen molar-refractivity contribution in [3.63, 3.8) is 0 Å². The largest absolute Gasteiger partial charge is 0.427 e. The van der Waals surface area contributed by atoms with Crippen molar-refractivity contribution >= 4 is 18.0 Å². The molecule has 10 heteroatoms. The number of aromatic nitrogens is 2. The summed E-state index contributed by atoms with van der Waals surface area (Å²) in [5, 5.41) is 8.91. The summed E-state index contributed by atoms with van der Waals surface area (Å²) in [6, 6.07) is 1.18. The van der Waals surface area contributed by atoms with Crippen LogP contribution < -0.4 is 5.73 Å². The fourth-order valence-corrected chi connectivity index (χ4v) is 2.29. The van der Waals surface area contributed by atoms with Crippen molar-refractivity contribution in [2.24, 2.45) is 0 Å². The van der Waals surface area contributed by atoms with E-state index in [0.29, 0.717) is 0 Å². The standard InChI is InChI=1S/C10H11F4N3O2S/c11-9(10(12,13)14)3-5(4-18)19-7(9)17-2-1-6(15)16-8(17)20/h1-2,5,7,18H,3-4H2,(H2,15,16,20)/t5-,7+,9+/m0/s1. The topological polar surface area (TPSA) is 73.3 Å². The van der Waals surface area contributed by atoms with Crippen LogP contribution in [-0.2, 0) is 4.74 Å². The molecule has 2 rings (SSSR count). The zero-order valence-electron chi connectivity index (χ0n) is 9.97. The van der Waals surface area contributed by atoms with Crippen molar-refractivity contribution in [1.29, 1.82) is 0 Å². The number of halogens is 4. The van der Waals surface area contributed by atoms with E-state index in [-0.39, 0.29) is 10.6 Å². The third-order valence-electron chi connectivity index (χ3n) is 3.02. The molecule has 0 bridgehead atoms. The SMILES string of the molecule is Nc1ccn([C@@H]2O[C@H](CO)C[C@]2(F)C(F)(F)F)c(=S)n1. The number of anilines is 1. The molecule has 1 aromatic heterocycles. The van der Waals surface area contributed by atoms with Crippen LogP contribution in [0.3, 0.4) is 0 Å². The molecular formula is C10H11F4N3O2S. The van der Waals surface area contributed by atoms with E-state index in [2.05, 4.69) is 4.98 Å². The van der Waals surface area contributed by atoms with Gasteiger partial charge in [-0.05, 0) is 18.3 Å². The minimum Gasteiger partial charge on any atom is -0.394 e. The summed E-state index contributed by atoms with van der Waals surface area (Å²) in [6.07, 6.45) is -8.41. The fraction of sp³-hybridized carbons (Fsp3) is 0.600. The maximum absolute atomic E-state index is 14.4. The Morgan fingerprint density at radius 2 is 2.25 bits per heavy atom. The van der Waals surface area contributed by atoms with Gasteiger partial charge in [0.15, 0.2) is 6.23 Å². The lowest BCUT2D eigenvalue weighted by Gasteiger charge is -2.29. The van der Waals surface area contributed by atoms with Gasteiger partial charge >= 0.3 is 6.18 Å². The average Bonchev–Trinajstić information content (AvgIpc) is 2.67. The molecule has 0 saturated carbocycles. The molecule has 3 atom stereocenters. The minimum atomic E-state index is -5.17. The van der Waals surface area contributed by atoms with Crippen molar-refractivity contribution in [1.82, 2.24) is 9.55 Å². The van der Waals surface area contributed by atoms with E-state index in [9.17, 15) is 17.6 Å². The molecule has 1 fully saturated rings. The van der Waals surface area contributed by atoms with Crippen LogP contribution in [-0.4, -0.2) is 39.2 Å². The Bertz CT molecular complexity index is 564. The molecule has 20 heavy (non-hydrogen) atoms. The molecule has 0 aromatic carbocycles. The Morgan fingerprint density at radius 1 is 1.60 bits per heavy atom. The Kier molecular flexibility index (Phi) is 3.73. The third kappa shape index (κ3) is 2.38. The van der Waals surface area contributed by atoms with Gasteiger partial charge in [0.05, 0.1) is 12.7 Å². The Hall–Kier alpha value is -1.26. The fourth-order valence-electron chi connectivity index (χ4n) is 2.02. The van der Waals surface area contributed by atoms with Gasteiger partial charge in [-0.15, -0.1) is 0 Å². The van der Waals surface area contributed by atoms with E-state index in [4.69, 9.17) is 27.8 Å². The first kappa shape index (κ1) is 15.1. The highest BCUT2D eigenvalue weighted by Crippen LogP contribution is 2.51. The number of ether oxygens (including phenoxy) is 1. The summed E-state index contributed by atoms with van der Waals surface area (Å²) in [4.78, 5) is 3.60. The molecule has 2 heterocycles. The van der Waals surface area contributed by atoms with Gasteiger partial charge in [-0.2, -0.15) is 13.2 Å². The van der Waals surface area contributed by atoms with Crippen LogP contribution in [0.4, 0.5) is 23.4 Å². The van der Waals surface area contributed by atoms with Crippen molar-refractivity contribution in [3.05, 3.63) is 17.0 Å². The average molecular weight is 313 g/mol. The van der Waals surface area contributed by atoms with Gasteiger partial charge in [0.1, 0.15) is 5.82 Å². The summed E-state index contributed by atoms with van der Waals surface area (Å²) >= 11 is 4.77. The normalized spacial score (nSPS) is 30.6. The van der Waals surface area contributed by atoms with Crippen molar-refractivity contribution in [2.45, 2.75) is 30.6 Å². The number of nitrogen functional groups attached to an aromatic ring is 1. The van der Waals surface area contributed by atoms with Crippen LogP contribution in [0.1, 0.15) is 12.6 Å². The number of rotatable bonds is 2. The summed E-state index contributed by atoms with van der Waals surface area (Å²) in [6.45, 7) is -0.728. The number of hydrogen-bond acceptors (Lipinski definition) is 5. The zero-order chi connectivity index (χ0) is 15.1. The van der Waals surface area contributed by atoms with Crippen LogP contribution in [0.5, 0.6) is 0 Å². The van der Waals surface area contributed by atoms with Gasteiger partial charge in [-0.1, -0.05) is 0 Å². The Morgan fingerprint density at radius 3 is 2.75 bits per heavy atom. The van der Waals surface area contributed by atoms with Crippen LogP contribution in [0, 0.1) is 4.77 Å². The molecule has 1 aliphatic rings. The highest BCUT2D eigenvalue weighted by molar-refractivity contribution is 7.71. The second-order valence-electron chi connectivity index (χ2n) is 4.40. The maximum Gasteiger partial charge on any atom is 0.427 e. The first-order valence-corrected chi connectivity index (χ1v) is 5.96. The second kappa shape index (κ2) is 4.93. The predicted octanol–water partition coefficient (Wildman–Crippen LogP) is 1.75. The highest BCUT2D eigenvalue weighted by Gasteiger charge is 2.67. The summed E-state index contributed by atoms with van der Waals surface area (Å²) < 4.78 is 58.7. The molecule has 0 radical (unpaired) electrons. The Balaban J connectivity index is 2.49. The van der Waals surface area contributed by atoms with Gasteiger partial charge in [0, 0.05) is 12.6 Å². The molecule has 0 spiro atoms. The molecule has 1 aromatic rings. The van der Waals surface area contributed by atoms with Gasteiger partial charge in [-0.3, -0.25) is 4.57 Å². The molecule has 1 aliphatic heterocycles. The van der Waals surface area contributed by atoms with Crippen LogP contribution in [0.25, 0.3) is 0 Å². The zero-order valence-corrected chi connectivity index (χ0v) is 10.8. The lowest BCUT2D eigenvalue weighted by molar-refractivity contribution is -0.256. The summed E-state index contributed by atoms with van der Waals surface area (Å²) in [5.41, 5.74) is 1.69. The lowest BCUT2D eigenvalue weighted by Crippen LogP contribution is -2.45. The van der Waals surface area contributed by atoms with Crippen LogP contribution >= 0.6 is 12.2 Å². The summed E-state index contributed by atoms with van der Waals surface area (Å²) in [5.74, 6) is -0.000535. The molecule has 0 amide bonds. The monoisotopic (exact) mass is 313 g/mol. The van der Waals surface area contributed by atoms with Gasteiger partial charge in [-0.25, -0.2) is 9.37 Å². The maximum atomic E-state index is 14.4. The molecule has 0 unspecified atom stereocenters. The number of nitrogens with two attached hydrogens (primary N) is 1. The lowest BCUT2D eigenvalue weighted by atomic mass is 9.99. The first-order chi connectivity index (χ1) is 9.19. The number of alkyl halides is 4. The second-order valence-corrected chi connectivity index (χ2v) is 4.76. The number of nitrogens with zero attached hydrogens (tertiary/aromatic N) is 2. The van der Waals surface area contributed by atoms with Gasteiger partial charge in [0.25, 0.3) is 5.67 Å². The molecule has 112 valence electrons. The molecule has 1 saturated heterocycles. The van der Waals surface area contributed by atoms with Crippen molar-refractivity contribution in [2.75, 3.05) is 12.3 Å². The van der Waals surface area contributed by atoms with E-state index in [0.717, 1.165) is 10.8 Å². The molecule has 5 nitrogen and oxygen atoms in total. The van der Waals surface area contributed by atoms with Crippen molar-refractivity contribution < 1.29 is 27.4 Å². The number of aliphatic hydroxyl groups excluding tert-OH is 1. The van der Waals surface area contributed by atoms with E-state index >= 15 is 0 Å². The Labute approximate surface area is 116 Å². The predicted molar refractivity (Wildman–Crippen MR) is 63.0 cm³/mol. The van der Waals surface area contributed by atoms with Crippen molar-refractivity contribution in [3.8, 4) is 0 Å². The number of hydrogen-bond donors (Lipinski definition) is 2. The van der Waals surface area contributed by atoms with Gasteiger partial charge in [0.2, 0.25) is 4.77 Å².